The van der Waals surface area contributed by atoms with E-state index in [1.807, 2.05) is 13.1 Å². The van der Waals surface area contributed by atoms with Crippen molar-refractivity contribution in [2.75, 3.05) is 6.26 Å². The largest absolute Gasteiger partial charge is 0.323 e. The number of thioether (sulfide) groups is 1. The van der Waals surface area contributed by atoms with Gasteiger partial charge < -0.3 is 5.73 Å². The van der Waals surface area contributed by atoms with Crippen LogP contribution in [-0.2, 0) is 0 Å². The minimum Gasteiger partial charge on any atom is -0.323 e. The van der Waals surface area contributed by atoms with E-state index in [0.29, 0.717) is 0 Å². The van der Waals surface area contributed by atoms with Crippen LogP contribution in [0.4, 0.5) is 0 Å². The van der Waals surface area contributed by atoms with E-state index in [4.69, 9.17) is 5.73 Å². The van der Waals surface area contributed by atoms with Gasteiger partial charge in [0, 0.05) is 27.6 Å². The third-order valence-electron chi connectivity index (χ3n) is 2.31. The zero-order valence-electron chi connectivity index (χ0n) is 9.31. The molecule has 1 aromatic heterocycles. The van der Waals surface area contributed by atoms with Crippen molar-refractivity contribution in [2.45, 2.75) is 17.9 Å². The number of hydrogen-bond donors (Lipinski definition) is 1. The van der Waals surface area contributed by atoms with Gasteiger partial charge in [0.2, 0.25) is 0 Å². The number of aromatic nitrogens is 1. The summed E-state index contributed by atoms with van der Waals surface area (Å²) in [5.74, 6) is 0. The molecule has 2 rings (SSSR count). The van der Waals surface area contributed by atoms with Gasteiger partial charge in [-0.05, 0) is 25.3 Å². The second-order valence-corrected chi connectivity index (χ2v) is 5.53. The minimum atomic E-state index is 0.0664. The Morgan fingerprint density at radius 3 is 2.50 bits per heavy atom. The van der Waals surface area contributed by atoms with E-state index in [0.717, 1.165) is 15.4 Å². The normalized spacial score (nSPS) is 12.7. The van der Waals surface area contributed by atoms with E-state index in [1.165, 1.54) is 4.90 Å². The second kappa shape index (κ2) is 4.99. The van der Waals surface area contributed by atoms with E-state index in [2.05, 4.69) is 35.5 Å². The standard InChI is InChI=1S/C12H14N2S2/c1-8(13)11-7-14-12(16-11)9-3-5-10(15-2)6-4-9/h3-8H,13H2,1-2H3. The second-order valence-electron chi connectivity index (χ2n) is 3.58. The summed E-state index contributed by atoms with van der Waals surface area (Å²) in [4.78, 5) is 6.79. The quantitative estimate of drug-likeness (QED) is 0.847. The van der Waals surface area contributed by atoms with Crippen molar-refractivity contribution >= 4 is 23.1 Å². The zero-order valence-corrected chi connectivity index (χ0v) is 10.9. The van der Waals surface area contributed by atoms with Crippen LogP contribution in [0.5, 0.6) is 0 Å². The number of benzene rings is 1. The SMILES string of the molecule is CSc1ccc(-c2ncc(C(C)N)s2)cc1. The summed E-state index contributed by atoms with van der Waals surface area (Å²) in [6.07, 6.45) is 3.94. The molecule has 0 amide bonds. The van der Waals surface area contributed by atoms with E-state index in [9.17, 15) is 0 Å². The van der Waals surface area contributed by atoms with Crippen molar-refractivity contribution in [3.05, 3.63) is 35.3 Å². The van der Waals surface area contributed by atoms with Crippen molar-refractivity contribution < 1.29 is 0 Å². The maximum atomic E-state index is 5.82. The van der Waals surface area contributed by atoms with Gasteiger partial charge in [0.05, 0.1) is 0 Å². The van der Waals surface area contributed by atoms with Crippen molar-refractivity contribution in [2.24, 2.45) is 5.73 Å². The molecule has 84 valence electrons. The highest BCUT2D eigenvalue weighted by Crippen LogP contribution is 2.29. The molecular formula is C12H14N2S2. The molecule has 1 atom stereocenters. The molecule has 2 nitrogen and oxygen atoms in total. The number of rotatable bonds is 3. The van der Waals surface area contributed by atoms with Crippen molar-refractivity contribution in [1.29, 1.82) is 0 Å². The van der Waals surface area contributed by atoms with Crippen LogP contribution in [0.3, 0.4) is 0 Å². The first-order valence-corrected chi connectivity index (χ1v) is 7.10. The topological polar surface area (TPSA) is 38.9 Å². The van der Waals surface area contributed by atoms with E-state index >= 15 is 0 Å². The minimum absolute atomic E-state index is 0.0664. The van der Waals surface area contributed by atoms with Crippen LogP contribution < -0.4 is 5.73 Å². The Kier molecular flexibility index (Phi) is 3.63. The van der Waals surface area contributed by atoms with Crippen LogP contribution in [0.2, 0.25) is 0 Å². The van der Waals surface area contributed by atoms with E-state index < -0.39 is 0 Å². The Morgan fingerprint density at radius 2 is 2.00 bits per heavy atom. The lowest BCUT2D eigenvalue weighted by Gasteiger charge is -1.99. The molecule has 2 aromatic rings. The van der Waals surface area contributed by atoms with Crippen LogP contribution in [-0.4, -0.2) is 11.2 Å². The molecule has 0 bridgehead atoms. The third-order valence-corrected chi connectivity index (χ3v) is 4.30. The fourth-order valence-electron chi connectivity index (χ4n) is 1.36. The Labute approximate surface area is 104 Å². The van der Waals surface area contributed by atoms with Crippen LogP contribution >= 0.6 is 23.1 Å². The van der Waals surface area contributed by atoms with Crippen LogP contribution in [0.25, 0.3) is 10.6 Å². The van der Waals surface area contributed by atoms with Gasteiger partial charge in [-0.1, -0.05) is 12.1 Å². The summed E-state index contributed by atoms with van der Waals surface area (Å²) < 4.78 is 0. The van der Waals surface area contributed by atoms with Gasteiger partial charge in [-0.3, -0.25) is 0 Å². The maximum absolute atomic E-state index is 5.82. The number of nitrogens with zero attached hydrogens (tertiary/aromatic N) is 1. The smallest absolute Gasteiger partial charge is 0.123 e. The highest BCUT2D eigenvalue weighted by atomic mass is 32.2. The molecule has 0 aliphatic carbocycles. The van der Waals surface area contributed by atoms with Gasteiger partial charge in [-0.25, -0.2) is 4.98 Å². The lowest BCUT2D eigenvalue weighted by Crippen LogP contribution is -2.01. The summed E-state index contributed by atoms with van der Waals surface area (Å²) in [5, 5.41) is 1.04. The molecule has 0 radical (unpaired) electrons. The number of nitrogens with two attached hydrogens (primary N) is 1. The maximum Gasteiger partial charge on any atom is 0.123 e. The van der Waals surface area contributed by atoms with Gasteiger partial charge in [0.15, 0.2) is 0 Å². The molecule has 2 N–H and O–H groups in total. The molecule has 0 saturated heterocycles. The summed E-state index contributed by atoms with van der Waals surface area (Å²) >= 11 is 3.41. The molecule has 1 unspecified atom stereocenters. The van der Waals surface area contributed by atoms with E-state index in [-0.39, 0.29) is 6.04 Å². The Morgan fingerprint density at radius 1 is 1.31 bits per heavy atom. The molecule has 16 heavy (non-hydrogen) atoms. The van der Waals surface area contributed by atoms with Gasteiger partial charge in [0.1, 0.15) is 5.01 Å². The predicted octanol–water partition coefficient (Wildman–Crippen LogP) is 3.55. The Hall–Kier alpha value is -0.840. The van der Waals surface area contributed by atoms with Gasteiger partial charge in [0.25, 0.3) is 0 Å². The number of thiazole rings is 1. The Bertz CT molecular complexity index is 460. The van der Waals surface area contributed by atoms with Crippen LogP contribution in [0.1, 0.15) is 17.8 Å². The molecule has 0 aliphatic heterocycles. The number of hydrogen-bond acceptors (Lipinski definition) is 4. The summed E-state index contributed by atoms with van der Waals surface area (Å²) in [7, 11) is 0. The monoisotopic (exact) mass is 250 g/mol. The first-order valence-electron chi connectivity index (χ1n) is 5.06. The van der Waals surface area contributed by atoms with Crippen LogP contribution in [0, 0.1) is 0 Å². The molecule has 0 fully saturated rings. The Balaban J connectivity index is 2.28. The molecule has 0 aliphatic rings. The summed E-state index contributed by atoms with van der Waals surface area (Å²) in [5.41, 5.74) is 6.98. The van der Waals surface area contributed by atoms with Crippen molar-refractivity contribution in [3.63, 3.8) is 0 Å². The lowest BCUT2D eigenvalue weighted by atomic mass is 10.2. The predicted molar refractivity (Wildman–Crippen MR) is 71.9 cm³/mol. The van der Waals surface area contributed by atoms with Crippen LogP contribution in [0.15, 0.2) is 35.4 Å². The van der Waals surface area contributed by atoms with Gasteiger partial charge in [-0.2, -0.15) is 0 Å². The molecule has 0 spiro atoms. The highest BCUT2D eigenvalue weighted by Gasteiger charge is 2.07. The van der Waals surface area contributed by atoms with Crippen molar-refractivity contribution in [3.8, 4) is 10.6 Å². The molecule has 1 heterocycles. The fraction of sp³-hybridized carbons (Fsp3) is 0.250. The fourth-order valence-corrected chi connectivity index (χ4v) is 2.65. The first-order chi connectivity index (χ1) is 7.70. The highest BCUT2D eigenvalue weighted by molar-refractivity contribution is 7.98. The molecular weight excluding hydrogens is 236 g/mol. The van der Waals surface area contributed by atoms with E-state index in [1.54, 1.807) is 23.1 Å². The van der Waals surface area contributed by atoms with Gasteiger partial charge in [-0.15, -0.1) is 23.1 Å². The summed E-state index contributed by atoms with van der Waals surface area (Å²) in [6.45, 7) is 1.98. The third kappa shape index (κ3) is 2.45. The lowest BCUT2D eigenvalue weighted by molar-refractivity contribution is 0.835. The molecule has 1 aromatic carbocycles. The molecule has 0 saturated carbocycles. The summed E-state index contributed by atoms with van der Waals surface area (Å²) in [6, 6.07) is 8.52. The zero-order chi connectivity index (χ0) is 11.5. The average molecular weight is 250 g/mol. The van der Waals surface area contributed by atoms with Gasteiger partial charge >= 0.3 is 0 Å². The first kappa shape index (κ1) is 11.6. The van der Waals surface area contributed by atoms with Crippen molar-refractivity contribution in [1.82, 2.24) is 4.98 Å². The average Bonchev–Trinajstić information content (AvgIpc) is 2.78. The molecule has 4 heteroatoms.